The second-order valence-electron chi connectivity index (χ2n) is 4.80. The van der Waals surface area contributed by atoms with Crippen molar-refractivity contribution in [2.45, 2.75) is 31.3 Å². The molecule has 136 valence electrons. The van der Waals surface area contributed by atoms with Gasteiger partial charge in [0.05, 0.1) is 13.0 Å². The number of hydrogen-bond donors (Lipinski definition) is 8. The highest BCUT2D eigenvalue weighted by Crippen LogP contribution is 2.00. The monoisotopic (exact) mass is 346 g/mol. The van der Waals surface area contributed by atoms with E-state index >= 15 is 0 Å². The van der Waals surface area contributed by atoms with E-state index in [9.17, 15) is 19.2 Å². The van der Waals surface area contributed by atoms with Gasteiger partial charge in [0.2, 0.25) is 11.8 Å². The zero-order chi connectivity index (χ0) is 18.7. The van der Waals surface area contributed by atoms with Crippen LogP contribution in [0.5, 0.6) is 0 Å². The molecule has 0 aromatic heterocycles. The quantitative estimate of drug-likeness (QED) is 0.107. The van der Waals surface area contributed by atoms with Crippen LogP contribution in [0, 0.1) is 5.41 Å². The number of carbonyl (C=O) groups excluding carboxylic acids is 2. The number of rotatable bonds is 11. The van der Waals surface area contributed by atoms with Gasteiger partial charge in [0.1, 0.15) is 12.1 Å². The van der Waals surface area contributed by atoms with E-state index in [0.29, 0.717) is 6.42 Å². The Hall–Kier alpha value is -2.89. The van der Waals surface area contributed by atoms with Gasteiger partial charge >= 0.3 is 11.9 Å². The van der Waals surface area contributed by atoms with Gasteiger partial charge in [-0.2, -0.15) is 0 Å². The maximum atomic E-state index is 12.1. The van der Waals surface area contributed by atoms with Crippen molar-refractivity contribution in [3.8, 4) is 0 Å². The lowest BCUT2D eigenvalue weighted by molar-refractivity contribution is -0.147. The molecule has 0 aromatic rings. The summed E-state index contributed by atoms with van der Waals surface area (Å²) < 4.78 is 0. The topological polar surface area (TPSA) is 221 Å². The van der Waals surface area contributed by atoms with E-state index in [-0.39, 0.29) is 25.5 Å². The number of nitrogens with one attached hydrogen (secondary N) is 4. The van der Waals surface area contributed by atoms with Crippen molar-refractivity contribution in [1.82, 2.24) is 16.0 Å². The lowest BCUT2D eigenvalue weighted by Crippen LogP contribution is -2.53. The van der Waals surface area contributed by atoms with Crippen molar-refractivity contribution in [1.29, 1.82) is 5.41 Å². The molecule has 0 aliphatic carbocycles. The molecule has 12 nitrogen and oxygen atoms in total. The first kappa shape index (κ1) is 21.1. The van der Waals surface area contributed by atoms with Crippen LogP contribution in [0.1, 0.15) is 19.3 Å². The molecule has 0 unspecified atom stereocenters. The third-order valence-corrected chi connectivity index (χ3v) is 2.82. The summed E-state index contributed by atoms with van der Waals surface area (Å²) in [5.41, 5.74) is 10.3. The van der Waals surface area contributed by atoms with Crippen LogP contribution in [0.4, 0.5) is 0 Å². The molecule has 0 aromatic carbocycles. The van der Waals surface area contributed by atoms with Crippen molar-refractivity contribution in [3.05, 3.63) is 0 Å². The summed E-state index contributed by atoms with van der Waals surface area (Å²) >= 11 is 0. The Bertz CT molecular complexity index is 496. The van der Waals surface area contributed by atoms with Crippen molar-refractivity contribution in [2.24, 2.45) is 11.5 Å². The molecule has 0 aliphatic rings. The lowest BCUT2D eigenvalue weighted by atomic mass is 10.1. The van der Waals surface area contributed by atoms with Crippen LogP contribution in [0.15, 0.2) is 0 Å². The third kappa shape index (κ3) is 9.19. The Morgan fingerprint density at radius 3 is 2.17 bits per heavy atom. The zero-order valence-electron chi connectivity index (χ0n) is 12.9. The molecule has 12 heteroatoms. The highest BCUT2D eigenvalue weighted by molar-refractivity contribution is 5.92. The van der Waals surface area contributed by atoms with Gasteiger partial charge in [-0.1, -0.05) is 0 Å². The molecule has 0 rings (SSSR count). The van der Waals surface area contributed by atoms with Gasteiger partial charge in [-0.25, -0.2) is 4.79 Å². The fourth-order valence-corrected chi connectivity index (χ4v) is 1.70. The van der Waals surface area contributed by atoms with Gasteiger partial charge in [0.15, 0.2) is 5.96 Å². The van der Waals surface area contributed by atoms with Crippen LogP contribution in [0.2, 0.25) is 0 Å². The second kappa shape index (κ2) is 10.8. The Balaban J connectivity index is 4.80. The number of hydrogen-bond acceptors (Lipinski definition) is 6. The molecule has 24 heavy (non-hydrogen) atoms. The average Bonchev–Trinajstić information content (AvgIpc) is 2.48. The average molecular weight is 346 g/mol. The molecule has 2 atom stereocenters. The van der Waals surface area contributed by atoms with Crippen LogP contribution in [0.3, 0.4) is 0 Å². The fraction of sp³-hybridized carbons (Fsp3) is 0.583. The zero-order valence-corrected chi connectivity index (χ0v) is 12.9. The van der Waals surface area contributed by atoms with E-state index in [4.69, 9.17) is 27.1 Å². The van der Waals surface area contributed by atoms with Crippen LogP contribution in [-0.4, -0.2) is 65.1 Å². The van der Waals surface area contributed by atoms with Crippen LogP contribution in [0.25, 0.3) is 0 Å². The molecule has 0 radical (unpaired) electrons. The van der Waals surface area contributed by atoms with Gasteiger partial charge < -0.3 is 37.6 Å². The molecule has 2 amide bonds. The summed E-state index contributed by atoms with van der Waals surface area (Å²) in [5, 5.41) is 31.5. The first-order valence-electron chi connectivity index (χ1n) is 6.99. The highest BCUT2D eigenvalue weighted by Gasteiger charge is 2.27. The highest BCUT2D eigenvalue weighted by atomic mass is 16.4. The number of carbonyl (C=O) groups is 4. The minimum atomic E-state index is -1.62. The molecule has 10 N–H and O–H groups in total. The number of carboxylic acids is 2. The Kier molecular flexibility index (Phi) is 9.48. The molecule has 0 bridgehead atoms. The third-order valence-electron chi connectivity index (χ3n) is 2.82. The minimum absolute atomic E-state index is 0.108. The maximum absolute atomic E-state index is 12.1. The van der Waals surface area contributed by atoms with Crippen LogP contribution >= 0.6 is 0 Å². The molecule has 0 fully saturated rings. The van der Waals surface area contributed by atoms with Crippen LogP contribution < -0.4 is 27.4 Å². The molecule has 0 spiro atoms. The first-order chi connectivity index (χ1) is 11.2. The summed E-state index contributed by atoms with van der Waals surface area (Å²) in [4.78, 5) is 45.1. The smallest absolute Gasteiger partial charge is 0.326 e. The fourth-order valence-electron chi connectivity index (χ4n) is 1.70. The predicted octanol–water partition coefficient (Wildman–Crippen LogP) is -3.26. The Morgan fingerprint density at radius 2 is 1.71 bits per heavy atom. The number of aliphatic carboxylic acids is 2. The van der Waals surface area contributed by atoms with E-state index in [1.807, 2.05) is 0 Å². The normalized spacial score (nSPS) is 12.5. The molecular formula is C12H22N6O6. The number of amides is 2. The number of carboxylic acid groups (broad SMARTS) is 2. The van der Waals surface area contributed by atoms with Crippen LogP contribution in [-0.2, 0) is 19.2 Å². The SMILES string of the molecule is N=C(N)NCCC[C@H](NC(=O)CN)C(=O)N[C@@H](CC(=O)O)C(=O)O. The molecule has 0 aliphatic heterocycles. The Morgan fingerprint density at radius 1 is 1.08 bits per heavy atom. The van der Waals surface area contributed by atoms with Gasteiger partial charge in [-0.15, -0.1) is 0 Å². The minimum Gasteiger partial charge on any atom is -0.481 e. The maximum Gasteiger partial charge on any atom is 0.326 e. The van der Waals surface area contributed by atoms with Crippen molar-refractivity contribution in [3.63, 3.8) is 0 Å². The van der Waals surface area contributed by atoms with E-state index in [2.05, 4.69) is 16.0 Å². The molecule has 0 saturated heterocycles. The predicted molar refractivity (Wildman–Crippen MR) is 82.0 cm³/mol. The lowest BCUT2D eigenvalue weighted by Gasteiger charge is -2.20. The summed E-state index contributed by atoms with van der Waals surface area (Å²) in [6.07, 6.45) is -0.360. The first-order valence-corrected chi connectivity index (χ1v) is 6.99. The second-order valence-corrected chi connectivity index (χ2v) is 4.80. The summed E-state index contributed by atoms with van der Waals surface area (Å²) in [6.45, 7) is -0.109. The number of nitrogens with two attached hydrogens (primary N) is 2. The van der Waals surface area contributed by atoms with E-state index in [0.717, 1.165) is 0 Å². The van der Waals surface area contributed by atoms with Crippen molar-refractivity contribution < 1.29 is 29.4 Å². The van der Waals surface area contributed by atoms with Crippen molar-refractivity contribution in [2.75, 3.05) is 13.1 Å². The van der Waals surface area contributed by atoms with Crippen molar-refractivity contribution >= 4 is 29.7 Å². The van der Waals surface area contributed by atoms with Gasteiger partial charge in [0, 0.05) is 6.54 Å². The Labute approximate surface area is 137 Å². The largest absolute Gasteiger partial charge is 0.481 e. The summed E-state index contributed by atoms with van der Waals surface area (Å²) in [7, 11) is 0. The van der Waals surface area contributed by atoms with Gasteiger partial charge in [-0.05, 0) is 12.8 Å². The molecule has 0 saturated carbocycles. The standard InChI is InChI=1S/C12H22N6O6/c13-5-8(19)17-6(2-1-3-16-12(14)15)10(22)18-7(11(23)24)4-9(20)21/h6-7H,1-5,13H2,(H,17,19)(H,18,22)(H,20,21)(H,23,24)(H4,14,15,16)/t6-,7-/m0/s1. The van der Waals surface area contributed by atoms with E-state index in [1.165, 1.54) is 0 Å². The van der Waals surface area contributed by atoms with Gasteiger partial charge in [-0.3, -0.25) is 19.8 Å². The van der Waals surface area contributed by atoms with E-state index in [1.54, 1.807) is 0 Å². The summed E-state index contributed by atoms with van der Waals surface area (Å²) in [5.74, 6) is -4.62. The molecule has 0 heterocycles. The van der Waals surface area contributed by atoms with Gasteiger partial charge in [0.25, 0.3) is 0 Å². The number of guanidine groups is 1. The van der Waals surface area contributed by atoms with E-state index < -0.39 is 42.3 Å². The molecular weight excluding hydrogens is 324 g/mol. The summed E-state index contributed by atoms with van der Waals surface area (Å²) in [6, 6.07) is -2.71.